The maximum absolute atomic E-state index is 10.3. The number of hydrogen-bond donors (Lipinski definition) is 3. The van der Waals surface area contributed by atoms with Crippen molar-refractivity contribution in [3.8, 4) is 0 Å². The van der Waals surface area contributed by atoms with Crippen LogP contribution in [0.25, 0.3) is 0 Å². The predicted octanol–water partition coefficient (Wildman–Crippen LogP) is -0.407. The zero-order valence-corrected chi connectivity index (χ0v) is 6.25. The van der Waals surface area contributed by atoms with Crippen LogP contribution in [-0.2, 0) is 4.79 Å². The van der Waals surface area contributed by atoms with Gasteiger partial charge in [0.15, 0.2) is 5.60 Å². The Morgan fingerprint density at radius 1 is 1.20 bits per heavy atom. The van der Waals surface area contributed by atoms with Crippen molar-refractivity contribution in [2.24, 2.45) is 0 Å². The predicted molar refractivity (Wildman–Crippen MR) is 34.6 cm³/mol. The zero-order chi connectivity index (χ0) is 8.58. The molecule has 10 heavy (non-hydrogen) atoms. The van der Waals surface area contributed by atoms with Gasteiger partial charge in [-0.15, -0.1) is 0 Å². The van der Waals surface area contributed by atoms with Crippen LogP contribution in [0.15, 0.2) is 0 Å². The van der Waals surface area contributed by atoms with E-state index in [4.69, 9.17) is 15.3 Å². The van der Waals surface area contributed by atoms with Crippen LogP contribution in [0.1, 0.15) is 20.8 Å². The molecule has 0 heterocycles. The van der Waals surface area contributed by atoms with Crippen molar-refractivity contribution in [2.45, 2.75) is 32.0 Å². The van der Waals surface area contributed by atoms with Crippen LogP contribution in [0.3, 0.4) is 0 Å². The highest BCUT2D eigenvalue weighted by Crippen LogP contribution is 2.20. The maximum atomic E-state index is 10.3. The average Bonchev–Trinajstić information content (AvgIpc) is 1.62. The summed E-state index contributed by atoms with van der Waals surface area (Å²) in [4.78, 5) is 10.3. The van der Waals surface area contributed by atoms with E-state index >= 15 is 0 Å². The summed E-state index contributed by atoms with van der Waals surface area (Å²) in [6.07, 6.45) is 0. The molecule has 0 aliphatic heterocycles. The lowest BCUT2D eigenvalue weighted by molar-refractivity contribution is -0.181. The fraction of sp³-hybridized carbons (Fsp3) is 0.833. The average molecular weight is 148 g/mol. The zero-order valence-electron chi connectivity index (χ0n) is 6.25. The Balaban J connectivity index is 4.57. The van der Waals surface area contributed by atoms with Crippen LogP contribution in [0.4, 0.5) is 0 Å². The maximum Gasteiger partial charge on any atom is 0.338 e. The van der Waals surface area contributed by atoms with Gasteiger partial charge in [0.05, 0.1) is 5.60 Å². The second-order valence-electron chi connectivity index (χ2n) is 2.94. The molecule has 1 atom stereocenters. The Kier molecular flexibility index (Phi) is 2.08. The summed E-state index contributed by atoms with van der Waals surface area (Å²) in [7, 11) is 0. The standard InChI is InChI=1S/C6H12O4/c1-5(2,9)6(3,10)4(7)8/h9-10H,1-3H3,(H,7,8)/t6-/m1/s1. The molecule has 0 aromatic carbocycles. The van der Waals surface area contributed by atoms with Crippen molar-refractivity contribution in [3.05, 3.63) is 0 Å². The van der Waals surface area contributed by atoms with Gasteiger partial charge in [-0.25, -0.2) is 4.79 Å². The van der Waals surface area contributed by atoms with Crippen molar-refractivity contribution in [2.75, 3.05) is 0 Å². The van der Waals surface area contributed by atoms with E-state index in [9.17, 15) is 4.79 Å². The van der Waals surface area contributed by atoms with Gasteiger partial charge in [-0.3, -0.25) is 0 Å². The summed E-state index contributed by atoms with van der Waals surface area (Å²) in [5.41, 5.74) is -3.72. The van der Waals surface area contributed by atoms with E-state index < -0.39 is 17.2 Å². The molecule has 0 aliphatic rings. The third-order valence-corrected chi connectivity index (χ3v) is 1.61. The molecule has 0 aromatic rings. The van der Waals surface area contributed by atoms with Crippen molar-refractivity contribution in [1.29, 1.82) is 0 Å². The molecule has 0 aliphatic carbocycles. The smallest absolute Gasteiger partial charge is 0.338 e. The van der Waals surface area contributed by atoms with Crippen LogP contribution < -0.4 is 0 Å². The fourth-order valence-electron chi connectivity index (χ4n) is 0.262. The highest BCUT2D eigenvalue weighted by molar-refractivity contribution is 5.78. The molecule has 60 valence electrons. The molecule has 0 radical (unpaired) electrons. The molecule has 0 fully saturated rings. The third kappa shape index (κ3) is 1.46. The lowest BCUT2D eigenvalue weighted by atomic mass is 9.88. The Bertz CT molecular complexity index is 142. The summed E-state index contributed by atoms with van der Waals surface area (Å²) in [6, 6.07) is 0. The Hall–Kier alpha value is -0.610. The van der Waals surface area contributed by atoms with Crippen LogP contribution in [0.5, 0.6) is 0 Å². The highest BCUT2D eigenvalue weighted by Gasteiger charge is 2.44. The van der Waals surface area contributed by atoms with Gasteiger partial charge < -0.3 is 15.3 Å². The minimum Gasteiger partial charge on any atom is -0.479 e. The number of rotatable bonds is 2. The normalized spacial score (nSPS) is 18.1. The van der Waals surface area contributed by atoms with E-state index in [1.165, 1.54) is 13.8 Å². The summed E-state index contributed by atoms with van der Waals surface area (Å²) >= 11 is 0. The van der Waals surface area contributed by atoms with Crippen LogP contribution >= 0.6 is 0 Å². The Morgan fingerprint density at radius 2 is 1.50 bits per heavy atom. The van der Waals surface area contributed by atoms with Crippen LogP contribution in [0.2, 0.25) is 0 Å². The van der Waals surface area contributed by atoms with Crippen molar-refractivity contribution < 1.29 is 20.1 Å². The SMILES string of the molecule is CC(C)(O)[C@](C)(O)C(=O)O. The summed E-state index contributed by atoms with van der Waals surface area (Å²) in [5, 5.41) is 26.5. The van der Waals surface area contributed by atoms with Crippen molar-refractivity contribution in [3.63, 3.8) is 0 Å². The number of carboxylic acid groups (broad SMARTS) is 1. The minimum atomic E-state index is -2.09. The van der Waals surface area contributed by atoms with E-state index in [1.807, 2.05) is 0 Å². The van der Waals surface area contributed by atoms with E-state index in [0.29, 0.717) is 0 Å². The second-order valence-corrected chi connectivity index (χ2v) is 2.94. The lowest BCUT2D eigenvalue weighted by Gasteiger charge is -2.30. The second kappa shape index (κ2) is 2.21. The Labute approximate surface area is 59.1 Å². The first-order valence-electron chi connectivity index (χ1n) is 2.87. The van der Waals surface area contributed by atoms with Crippen molar-refractivity contribution in [1.82, 2.24) is 0 Å². The third-order valence-electron chi connectivity index (χ3n) is 1.61. The number of aliphatic carboxylic acids is 1. The first kappa shape index (κ1) is 9.39. The lowest BCUT2D eigenvalue weighted by Crippen LogP contribution is -2.53. The van der Waals surface area contributed by atoms with Gasteiger partial charge in [-0.2, -0.15) is 0 Å². The molecule has 0 aromatic heterocycles. The first-order valence-corrected chi connectivity index (χ1v) is 2.87. The number of hydrogen-bond acceptors (Lipinski definition) is 3. The molecule has 0 spiro atoms. The molecule has 0 unspecified atom stereocenters. The van der Waals surface area contributed by atoms with Crippen molar-refractivity contribution >= 4 is 5.97 Å². The molecule has 0 saturated carbocycles. The molecule has 0 bridgehead atoms. The molecule has 0 rings (SSSR count). The molecule has 4 heteroatoms. The number of carboxylic acids is 1. The molecule has 3 N–H and O–H groups in total. The quantitative estimate of drug-likeness (QED) is 0.497. The van der Waals surface area contributed by atoms with Crippen LogP contribution in [-0.4, -0.2) is 32.5 Å². The van der Waals surface area contributed by atoms with Gasteiger partial charge in [-0.1, -0.05) is 0 Å². The van der Waals surface area contributed by atoms with Gasteiger partial charge in [-0.05, 0) is 20.8 Å². The number of aliphatic hydroxyl groups is 2. The largest absolute Gasteiger partial charge is 0.479 e. The fourth-order valence-corrected chi connectivity index (χ4v) is 0.262. The highest BCUT2D eigenvalue weighted by atomic mass is 16.4. The molecular weight excluding hydrogens is 136 g/mol. The summed E-state index contributed by atoms with van der Waals surface area (Å²) < 4.78 is 0. The molecule has 4 nitrogen and oxygen atoms in total. The van der Waals surface area contributed by atoms with Crippen LogP contribution in [0, 0.1) is 0 Å². The van der Waals surface area contributed by atoms with Gasteiger partial charge in [0.25, 0.3) is 0 Å². The Morgan fingerprint density at radius 3 is 1.50 bits per heavy atom. The summed E-state index contributed by atoms with van der Waals surface area (Å²) in [5.74, 6) is -1.43. The van der Waals surface area contributed by atoms with Gasteiger partial charge in [0, 0.05) is 0 Å². The van der Waals surface area contributed by atoms with Gasteiger partial charge in [0.2, 0.25) is 0 Å². The van der Waals surface area contributed by atoms with E-state index in [-0.39, 0.29) is 0 Å². The monoisotopic (exact) mass is 148 g/mol. The number of carbonyl (C=O) groups is 1. The molecule has 0 saturated heterocycles. The first-order chi connectivity index (χ1) is 4.19. The van der Waals surface area contributed by atoms with E-state index in [1.54, 1.807) is 0 Å². The van der Waals surface area contributed by atoms with Gasteiger partial charge >= 0.3 is 5.97 Å². The van der Waals surface area contributed by atoms with Gasteiger partial charge in [0.1, 0.15) is 0 Å². The summed E-state index contributed by atoms with van der Waals surface area (Å²) in [6.45, 7) is 3.53. The topological polar surface area (TPSA) is 77.8 Å². The van der Waals surface area contributed by atoms with E-state index in [2.05, 4.69) is 0 Å². The minimum absolute atomic E-state index is 1.05. The molecular formula is C6H12O4. The molecule has 0 amide bonds. The van der Waals surface area contributed by atoms with E-state index in [0.717, 1.165) is 6.92 Å².